The molecule has 3 aromatic carbocycles. The van der Waals surface area contributed by atoms with Crippen molar-refractivity contribution in [3.63, 3.8) is 0 Å². The zero-order valence-corrected chi connectivity index (χ0v) is 25.6. The summed E-state index contributed by atoms with van der Waals surface area (Å²) in [4.78, 5) is 26.7. The van der Waals surface area contributed by atoms with Crippen LogP contribution in [0, 0.1) is 5.41 Å². The summed E-state index contributed by atoms with van der Waals surface area (Å²) >= 11 is 0. The highest BCUT2D eigenvalue weighted by atomic mass is 32.2. The number of nitrogen functional groups attached to an aromatic ring is 1. The molecule has 0 spiro atoms. The Morgan fingerprint density at radius 2 is 1.65 bits per heavy atom. The molecule has 0 saturated heterocycles. The topological polar surface area (TPSA) is 139 Å². The lowest BCUT2D eigenvalue weighted by atomic mass is 9.79. The molecule has 0 fully saturated rings. The number of nitrogens with one attached hydrogen (secondary N) is 1. The van der Waals surface area contributed by atoms with Gasteiger partial charge in [0.15, 0.2) is 22.5 Å². The summed E-state index contributed by atoms with van der Waals surface area (Å²) in [5, 5.41) is 12.1. The first-order valence-corrected chi connectivity index (χ1v) is 16.4. The van der Waals surface area contributed by atoms with E-state index in [1.807, 2.05) is 24.3 Å². The van der Waals surface area contributed by atoms with E-state index in [0.717, 1.165) is 44.2 Å². The zero-order valence-electron chi connectivity index (χ0n) is 24.8. The minimum atomic E-state index is -3.75. The number of benzene rings is 3. The summed E-state index contributed by atoms with van der Waals surface area (Å²) < 4.78 is 33.9. The molecule has 0 bridgehead atoms. The number of nitrogens with two attached hydrogens (primary N) is 1. The maximum absolute atomic E-state index is 14.1. The van der Waals surface area contributed by atoms with Crippen molar-refractivity contribution in [2.45, 2.75) is 63.3 Å². The molecular weight excluding hydrogens is 566 g/mol. The minimum Gasteiger partial charge on any atom is -0.484 e. The van der Waals surface area contributed by atoms with Crippen LogP contribution in [0.1, 0.15) is 64.0 Å². The van der Waals surface area contributed by atoms with Crippen LogP contribution in [0.2, 0.25) is 0 Å². The Hall–Kier alpha value is -4.05. The smallest absolute Gasteiger partial charge is 0.330 e. The second kappa shape index (κ2) is 13.9. The molecule has 10 heteroatoms. The molecule has 1 aliphatic heterocycles. The molecule has 4 rings (SSSR count). The largest absolute Gasteiger partial charge is 0.484 e. The van der Waals surface area contributed by atoms with E-state index in [-0.39, 0.29) is 16.4 Å². The van der Waals surface area contributed by atoms with Gasteiger partial charge < -0.3 is 25.8 Å². The molecular formula is C33H41N3O6S. The molecule has 0 radical (unpaired) electrons. The number of carboxylic acids is 1. The summed E-state index contributed by atoms with van der Waals surface area (Å²) in [5.74, 6) is -1.63. The molecule has 0 aromatic heterocycles. The van der Waals surface area contributed by atoms with E-state index in [1.54, 1.807) is 42.5 Å². The molecule has 43 heavy (non-hydrogen) atoms. The van der Waals surface area contributed by atoms with Crippen LogP contribution in [-0.2, 0) is 19.4 Å². The minimum absolute atomic E-state index is 0.0137. The maximum atomic E-state index is 14.1. The lowest BCUT2D eigenvalue weighted by Crippen LogP contribution is -2.38. The molecule has 9 nitrogen and oxygen atoms in total. The van der Waals surface area contributed by atoms with E-state index >= 15 is 0 Å². The summed E-state index contributed by atoms with van der Waals surface area (Å²) in [7, 11) is -3.75. The third-order valence-electron chi connectivity index (χ3n) is 7.93. The van der Waals surface area contributed by atoms with Gasteiger partial charge in [-0.1, -0.05) is 69.9 Å². The number of amides is 1. The van der Waals surface area contributed by atoms with E-state index in [4.69, 9.17) is 10.5 Å². The fourth-order valence-corrected chi connectivity index (χ4v) is 7.84. The Kier molecular flexibility index (Phi) is 10.3. The van der Waals surface area contributed by atoms with Crippen molar-refractivity contribution in [2.75, 3.05) is 29.5 Å². The van der Waals surface area contributed by atoms with Gasteiger partial charge in [-0.05, 0) is 54.8 Å². The lowest BCUT2D eigenvalue weighted by Gasteiger charge is -2.37. The predicted molar refractivity (Wildman–Crippen MR) is 168 cm³/mol. The fourth-order valence-electron chi connectivity index (χ4n) is 5.70. The number of anilines is 3. The van der Waals surface area contributed by atoms with E-state index in [1.165, 1.54) is 6.07 Å². The lowest BCUT2D eigenvalue weighted by molar-refractivity contribution is -0.142. The van der Waals surface area contributed by atoms with Gasteiger partial charge in [0, 0.05) is 29.4 Å². The van der Waals surface area contributed by atoms with Gasteiger partial charge in [-0.2, -0.15) is 0 Å². The third-order valence-corrected chi connectivity index (χ3v) is 9.92. The van der Waals surface area contributed by atoms with Crippen molar-refractivity contribution >= 4 is 38.8 Å². The van der Waals surface area contributed by atoms with Crippen molar-refractivity contribution in [2.24, 2.45) is 5.41 Å². The molecule has 0 saturated carbocycles. The molecule has 3 aromatic rings. The number of unbranched alkanes of at least 4 members (excludes halogenated alkanes) is 2. The van der Waals surface area contributed by atoms with Crippen molar-refractivity contribution < 1.29 is 27.9 Å². The molecule has 1 amide bonds. The molecule has 1 atom stereocenters. The van der Waals surface area contributed by atoms with E-state index < -0.39 is 39.8 Å². The summed E-state index contributed by atoms with van der Waals surface area (Å²) in [6.07, 6.45) is 5.37. The second-order valence-electron chi connectivity index (χ2n) is 11.3. The Bertz CT molecular complexity index is 1500. The van der Waals surface area contributed by atoms with Gasteiger partial charge in [0.2, 0.25) is 0 Å². The first kappa shape index (κ1) is 31.9. The third kappa shape index (κ3) is 7.87. The van der Waals surface area contributed by atoms with Crippen molar-refractivity contribution in [1.82, 2.24) is 5.32 Å². The summed E-state index contributed by atoms with van der Waals surface area (Å²) in [6.45, 7) is 4.29. The zero-order chi connectivity index (χ0) is 31.0. The van der Waals surface area contributed by atoms with Crippen LogP contribution >= 0.6 is 0 Å². The van der Waals surface area contributed by atoms with Crippen LogP contribution < -0.4 is 20.7 Å². The molecule has 1 heterocycles. The second-order valence-corrected chi connectivity index (χ2v) is 13.3. The van der Waals surface area contributed by atoms with Crippen LogP contribution in [0.15, 0.2) is 77.7 Å². The average Bonchev–Trinajstić information content (AvgIpc) is 3.09. The number of ether oxygens (including phenoxy) is 1. The predicted octanol–water partition coefficient (Wildman–Crippen LogP) is 5.88. The number of aliphatic carboxylic acids is 1. The Labute approximate surface area is 254 Å². The number of hydrogen-bond donors (Lipinski definition) is 3. The number of fused-ring (bicyclic) bond motifs is 1. The van der Waals surface area contributed by atoms with Crippen molar-refractivity contribution in [3.05, 3.63) is 78.4 Å². The summed E-state index contributed by atoms with van der Waals surface area (Å²) in [5.41, 5.74) is 7.96. The number of carboxylic acid groups (broad SMARTS) is 1. The number of carbonyl (C=O) groups excluding carboxylic acids is 1. The molecule has 0 aliphatic carbocycles. The van der Waals surface area contributed by atoms with Crippen LogP contribution in [-0.4, -0.2) is 44.3 Å². The number of carbonyl (C=O) groups is 2. The van der Waals surface area contributed by atoms with Crippen LogP contribution in [0.3, 0.4) is 0 Å². The molecule has 4 N–H and O–H groups in total. The van der Waals surface area contributed by atoms with Crippen LogP contribution in [0.4, 0.5) is 17.1 Å². The fraction of sp³-hybridized carbons (Fsp3) is 0.394. The molecule has 0 unspecified atom stereocenters. The Morgan fingerprint density at radius 1 is 1.00 bits per heavy atom. The highest BCUT2D eigenvalue weighted by Gasteiger charge is 2.42. The standard InChI is InChI=1S/C33H41N3O6S/c1-3-5-18-33(19-6-4-2)22-36(26-14-12-25(34)13-15-26)28-17-16-27(20-29(28)43(40,41)23-33)42-21-30(37)35-31(32(38)39)24-10-8-7-9-11-24/h7-17,20,31H,3-6,18-19,21-23,34H2,1-2H3,(H,35,37)(H,38,39)/t31-/m1/s1. The van der Waals surface area contributed by atoms with Crippen molar-refractivity contribution in [3.8, 4) is 5.75 Å². The molecule has 230 valence electrons. The normalized spacial score (nSPS) is 16.0. The van der Waals surface area contributed by atoms with Gasteiger partial charge in [-0.25, -0.2) is 13.2 Å². The average molecular weight is 608 g/mol. The Balaban J connectivity index is 1.65. The van der Waals surface area contributed by atoms with Gasteiger partial charge >= 0.3 is 5.97 Å². The monoisotopic (exact) mass is 607 g/mol. The van der Waals surface area contributed by atoms with E-state index in [0.29, 0.717) is 23.5 Å². The number of rotatable bonds is 13. The highest BCUT2D eigenvalue weighted by molar-refractivity contribution is 7.91. The van der Waals surface area contributed by atoms with Gasteiger partial charge in [0.1, 0.15) is 5.75 Å². The Morgan fingerprint density at radius 3 is 2.26 bits per heavy atom. The van der Waals surface area contributed by atoms with Gasteiger partial charge in [-0.3, -0.25) is 4.79 Å². The SMILES string of the molecule is CCCCC1(CCCC)CN(c2ccc(N)cc2)c2ccc(OCC(=O)N[C@@H](C(=O)O)c3ccccc3)cc2S(=O)(=O)C1. The summed E-state index contributed by atoms with van der Waals surface area (Å²) in [6, 6.07) is 19.4. The first-order chi connectivity index (χ1) is 20.6. The van der Waals surface area contributed by atoms with Gasteiger partial charge in [0.05, 0.1) is 16.3 Å². The quantitative estimate of drug-likeness (QED) is 0.205. The highest BCUT2D eigenvalue weighted by Crippen LogP contribution is 2.45. The maximum Gasteiger partial charge on any atom is 0.330 e. The van der Waals surface area contributed by atoms with E-state index in [2.05, 4.69) is 24.1 Å². The first-order valence-electron chi connectivity index (χ1n) is 14.8. The number of hydrogen-bond acceptors (Lipinski definition) is 7. The van der Waals surface area contributed by atoms with Crippen LogP contribution in [0.5, 0.6) is 5.75 Å². The van der Waals surface area contributed by atoms with Crippen LogP contribution in [0.25, 0.3) is 0 Å². The van der Waals surface area contributed by atoms with Gasteiger partial charge in [-0.15, -0.1) is 0 Å². The van der Waals surface area contributed by atoms with Crippen molar-refractivity contribution in [1.29, 1.82) is 0 Å². The number of sulfone groups is 1. The van der Waals surface area contributed by atoms with Gasteiger partial charge in [0.25, 0.3) is 5.91 Å². The van der Waals surface area contributed by atoms with E-state index in [9.17, 15) is 23.1 Å². The molecule has 1 aliphatic rings. The number of nitrogens with zero attached hydrogens (tertiary/aromatic N) is 1.